The Labute approximate surface area is 138 Å². The van der Waals surface area contributed by atoms with Crippen LogP contribution < -0.4 is 5.32 Å². The second kappa shape index (κ2) is 6.29. The minimum Gasteiger partial charge on any atom is -0.343 e. The monoisotopic (exact) mass is 327 g/mol. The normalized spacial score (nSPS) is 12.1. The lowest BCUT2D eigenvalue weighted by Gasteiger charge is -2.11. The molecule has 23 heavy (non-hydrogen) atoms. The van der Waals surface area contributed by atoms with Gasteiger partial charge in [-0.2, -0.15) is 5.10 Å². The average molecular weight is 327 g/mol. The molecule has 3 aromatic heterocycles. The van der Waals surface area contributed by atoms with E-state index in [4.69, 9.17) is 0 Å². The summed E-state index contributed by atoms with van der Waals surface area (Å²) in [4.78, 5) is 21.0. The van der Waals surface area contributed by atoms with Crippen LogP contribution in [0.2, 0.25) is 0 Å². The van der Waals surface area contributed by atoms with Crippen molar-refractivity contribution in [2.75, 3.05) is 0 Å². The van der Waals surface area contributed by atoms with Crippen LogP contribution in [-0.4, -0.2) is 25.7 Å². The molecule has 3 aromatic rings. The maximum atomic E-state index is 12.3. The van der Waals surface area contributed by atoms with Gasteiger partial charge in [0.15, 0.2) is 0 Å². The van der Waals surface area contributed by atoms with E-state index in [2.05, 4.69) is 20.4 Å². The fraction of sp³-hybridized carbons (Fsp3) is 0.250. The van der Waals surface area contributed by atoms with Crippen LogP contribution in [0.15, 0.2) is 36.1 Å². The number of nitrogens with one attached hydrogen (secondary N) is 1. The topological polar surface area (TPSA) is 72.7 Å². The Morgan fingerprint density at radius 3 is 2.87 bits per heavy atom. The first-order valence-electron chi connectivity index (χ1n) is 7.21. The molecule has 0 saturated heterocycles. The first-order chi connectivity index (χ1) is 11.1. The van der Waals surface area contributed by atoms with E-state index in [-0.39, 0.29) is 11.9 Å². The predicted molar refractivity (Wildman–Crippen MR) is 89.2 cm³/mol. The van der Waals surface area contributed by atoms with Crippen molar-refractivity contribution in [3.8, 4) is 11.3 Å². The highest BCUT2D eigenvalue weighted by atomic mass is 32.1. The van der Waals surface area contributed by atoms with Crippen molar-refractivity contribution in [2.45, 2.75) is 19.9 Å². The van der Waals surface area contributed by atoms with Crippen molar-refractivity contribution in [2.24, 2.45) is 7.05 Å². The van der Waals surface area contributed by atoms with Gasteiger partial charge in [0.2, 0.25) is 0 Å². The average Bonchev–Trinajstić information content (AvgIpc) is 3.16. The van der Waals surface area contributed by atoms with Gasteiger partial charge in [-0.1, -0.05) is 0 Å². The molecule has 1 amide bonds. The van der Waals surface area contributed by atoms with Crippen molar-refractivity contribution in [1.82, 2.24) is 25.1 Å². The fourth-order valence-corrected chi connectivity index (χ4v) is 3.03. The maximum absolute atomic E-state index is 12.3. The van der Waals surface area contributed by atoms with Crippen LogP contribution >= 0.6 is 11.3 Å². The van der Waals surface area contributed by atoms with Crippen molar-refractivity contribution in [1.29, 1.82) is 0 Å². The minimum atomic E-state index is -0.169. The molecule has 0 radical (unpaired) electrons. The summed E-state index contributed by atoms with van der Waals surface area (Å²) in [6, 6.07) is 3.68. The molecule has 0 saturated carbocycles. The van der Waals surface area contributed by atoms with Gasteiger partial charge in [0.25, 0.3) is 5.91 Å². The highest BCUT2D eigenvalue weighted by molar-refractivity contribution is 7.10. The fourth-order valence-electron chi connectivity index (χ4n) is 2.19. The number of aromatic nitrogens is 4. The van der Waals surface area contributed by atoms with E-state index >= 15 is 0 Å². The van der Waals surface area contributed by atoms with Crippen LogP contribution in [0, 0.1) is 6.92 Å². The Kier molecular flexibility index (Phi) is 4.20. The summed E-state index contributed by atoms with van der Waals surface area (Å²) in [5.74, 6) is -0.138. The van der Waals surface area contributed by atoms with Gasteiger partial charge in [-0.05, 0) is 26.0 Å². The van der Waals surface area contributed by atoms with E-state index in [1.807, 2.05) is 38.4 Å². The van der Waals surface area contributed by atoms with Gasteiger partial charge >= 0.3 is 0 Å². The number of hydrogen-bond acceptors (Lipinski definition) is 5. The zero-order valence-corrected chi connectivity index (χ0v) is 14.0. The maximum Gasteiger partial charge on any atom is 0.255 e. The van der Waals surface area contributed by atoms with Crippen LogP contribution in [0.3, 0.4) is 0 Å². The van der Waals surface area contributed by atoms with Gasteiger partial charge in [0.05, 0.1) is 23.5 Å². The van der Waals surface area contributed by atoms with Gasteiger partial charge < -0.3 is 5.32 Å². The molecule has 3 rings (SSSR count). The number of hydrogen-bond donors (Lipinski definition) is 1. The highest BCUT2D eigenvalue weighted by Gasteiger charge is 2.18. The predicted octanol–water partition coefficient (Wildman–Crippen LogP) is 2.74. The molecule has 118 valence electrons. The summed E-state index contributed by atoms with van der Waals surface area (Å²) in [7, 11) is 1.82. The number of carbonyl (C=O) groups excluding carboxylic acids is 1. The molecule has 0 bridgehead atoms. The molecular formula is C16H17N5OS. The SMILES string of the molecule is Cc1c(C(=O)N[C@H](C)c2nc(-c3cccnc3)cs2)cnn1C. The highest BCUT2D eigenvalue weighted by Crippen LogP contribution is 2.25. The summed E-state index contributed by atoms with van der Waals surface area (Å²) in [6.07, 6.45) is 5.09. The van der Waals surface area contributed by atoms with Gasteiger partial charge in [0, 0.05) is 36.1 Å². The first-order valence-corrected chi connectivity index (χ1v) is 8.09. The minimum absolute atomic E-state index is 0.138. The molecule has 0 spiro atoms. The Bertz CT molecular complexity index is 824. The number of carbonyl (C=O) groups is 1. The third-order valence-electron chi connectivity index (χ3n) is 3.68. The van der Waals surface area contributed by atoms with Gasteiger partial charge in [-0.3, -0.25) is 14.5 Å². The van der Waals surface area contributed by atoms with Crippen molar-refractivity contribution in [3.63, 3.8) is 0 Å². The molecule has 1 N–H and O–H groups in total. The third-order valence-corrected chi connectivity index (χ3v) is 4.70. The molecule has 0 aromatic carbocycles. The third kappa shape index (κ3) is 3.14. The van der Waals surface area contributed by atoms with Crippen LogP contribution in [0.1, 0.15) is 34.0 Å². The second-order valence-electron chi connectivity index (χ2n) is 5.28. The number of aryl methyl sites for hydroxylation is 1. The van der Waals surface area contributed by atoms with E-state index in [1.54, 1.807) is 23.3 Å². The zero-order chi connectivity index (χ0) is 16.4. The smallest absolute Gasteiger partial charge is 0.255 e. The number of amides is 1. The summed E-state index contributed by atoms with van der Waals surface area (Å²) in [5, 5.41) is 9.90. The molecule has 1 atom stereocenters. The Balaban J connectivity index is 1.74. The Hall–Kier alpha value is -2.54. The van der Waals surface area contributed by atoms with Crippen molar-refractivity contribution >= 4 is 17.2 Å². The van der Waals surface area contributed by atoms with E-state index in [0.717, 1.165) is 22.0 Å². The van der Waals surface area contributed by atoms with E-state index < -0.39 is 0 Å². The van der Waals surface area contributed by atoms with E-state index in [1.165, 1.54) is 11.3 Å². The lowest BCUT2D eigenvalue weighted by Crippen LogP contribution is -2.27. The number of rotatable bonds is 4. The van der Waals surface area contributed by atoms with E-state index in [0.29, 0.717) is 5.56 Å². The zero-order valence-electron chi connectivity index (χ0n) is 13.1. The van der Waals surface area contributed by atoms with Crippen LogP contribution in [-0.2, 0) is 7.05 Å². The van der Waals surface area contributed by atoms with Gasteiger partial charge in [0.1, 0.15) is 5.01 Å². The molecule has 6 nitrogen and oxygen atoms in total. The summed E-state index contributed by atoms with van der Waals surface area (Å²) in [5.41, 5.74) is 3.27. The Morgan fingerprint density at radius 1 is 1.39 bits per heavy atom. The molecule has 7 heteroatoms. The van der Waals surface area contributed by atoms with Crippen LogP contribution in [0.4, 0.5) is 0 Å². The molecule has 3 heterocycles. The van der Waals surface area contributed by atoms with E-state index in [9.17, 15) is 4.79 Å². The van der Waals surface area contributed by atoms with Gasteiger partial charge in [-0.25, -0.2) is 4.98 Å². The van der Waals surface area contributed by atoms with Crippen molar-refractivity contribution < 1.29 is 4.79 Å². The number of thiazole rings is 1. The van der Waals surface area contributed by atoms with Crippen molar-refractivity contribution in [3.05, 3.63) is 52.4 Å². The number of nitrogens with zero attached hydrogens (tertiary/aromatic N) is 4. The number of pyridine rings is 1. The van der Waals surface area contributed by atoms with Crippen LogP contribution in [0.5, 0.6) is 0 Å². The summed E-state index contributed by atoms with van der Waals surface area (Å²) < 4.78 is 1.68. The largest absolute Gasteiger partial charge is 0.343 e. The lowest BCUT2D eigenvalue weighted by atomic mass is 10.2. The molecule has 0 fully saturated rings. The van der Waals surface area contributed by atoms with Gasteiger partial charge in [-0.15, -0.1) is 11.3 Å². The molecular weight excluding hydrogens is 310 g/mol. The molecule has 0 unspecified atom stereocenters. The Morgan fingerprint density at radius 2 is 2.22 bits per heavy atom. The molecule has 0 aliphatic heterocycles. The van der Waals surface area contributed by atoms with Crippen LogP contribution in [0.25, 0.3) is 11.3 Å². The summed E-state index contributed by atoms with van der Waals surface area (Å²) >= 11 is 1.52. The quantitative estimate of drug-likeness (QED) is 0.800. The first kappa shape index (κ1) is 15.4. The standard InChI is InChI=1S/C16H17N5OS/c1-10(19-15(22)13-8-18-21(3)11(13)2)16-20-14(9-23-16)12-5-4-6-17-7-12/h4-10H,1-3H3,(H,19,22)/t10-/m1/s1. The molecule has 0 aliphatic rings. The second-order valence-corrected chi connectivity index (χ2v) is 6.16. The summed E-state index contributed by atoms with van der Waals surface area (Å²) in [6.45, 7) is 3.80. The lowest BCUT2D eigenvalue weighted by molar-refractivity contribution is 0.0939. The molecule has 0 aliphatic carbocycles.